The summed E-state index contributed by atoms with van der Waals surface area (Å²) in [6.45, 7) is 51.5. The molecule has 460 valence electrons. The molecule has 0 atom stereocenters. The molecule has 0 radical (unpaired) electrons. The van der Waals surface area contributed by atoms with Crippen LogP contribution in [0.2, 0.25) is 0 Å². The molecule has 0 saturated carbocycles. The third-order valence-corrected chi connectivity index (χ3v) is 14.3. The highest BCUT2D eigenvalue weighted by Crippen LogP contribution is 2.49. The van der Waals surface area contributed by atoms with Crippen LogP contribution < -0.4 is 28.4 Å². The Morgan fingerprint density at radius 3 is 0.905 bits per heavy atom. The minimum absolute atomic E-state index is 0.247. The van der Waals surface area contributed by atoms with Crippen molar-refractivity contribution in [3.05, 3.63) is 117 Å². The average molecular weight is 1160 g/mol. The highest BCUT2D eigenvalue weighted by atomic mass is 16.6. The van der Waals surface area contributed by atoms with Gasteiger partial charge in [-0.1, -0.05) is 83.1 Å². The van der Waals surface area contributed by atoms with Crippen LogP contribution in [0.1, 0.15) is 247 Å². The standard InChI is InChI=1S/C37H52O6.C35H48O6/c1-14-36(10,11)27-23-28(37(12,13)15-2)31(43-33(40)35(7,8)9)26(30(27)41-16-3)21-22-29(38)24-17-19-25(20-18-24)42-32(39)34(4,5)6;1-14-39-28-24(19-20-27(36)22-15-17-23(18-16-22)40-30(37)34(8,9)10)29(41-31(38)35(11,12)13)26(33(5,6)7)21-25(28)32(2,3)4/h17-23H,14-16H2,1-13H3;15-21H,14H2,1-13H3/b22-21+;20-19+. The van der Waals surface area contributed by atoms with Gasteiger partial charge in [0, 0.05) is 33.4 Å². The number of rotatable bonds is 18. The second-order valence-corrected chi connectivity index (χ2v) is 28.9. The predicted molar refractivity (Wildman–Crippen MR) is 339 cm³/mol. The molecule has 0 aliphatic heterocycles. The summed E-state index contributed by atoms with van der Waals surface area (Å²) in [5.74, 6) is 0.772. The summed E-state index contributed by atoms with van der Waals surface area (Å²) in [5.41, 5.74) is 1.67. The molecule has 0 unspecified atom stereocenters. The van der Waals surface area contributed by atoms with Crippen molar-refractivity contribution in [1.29, 1.82) is 0 Å². The molecule has 12 nitrogen and oxygen atoms in total. The number of ketones is 2. The molecule has 0 bridgehead atoms. The lowest BCUT2D eigenvalue weighted by Gasteiger charge is -2.34. The Hall–Kier alpha value is -6.82. The minimum atomic E-state index is -0.740. The van der Waals surface area contributed by atoms with E-state index in [1.165, 1.54) is 12.2 Å². The van der Waals surface area contributed by atoms with Crippen molar-refractivity contribution < 1.29 is 57.2 Å². The van der Waals surface area contributed by atoms with E-state index in [0.717, 1.165) is 35.1 Å². The van der Waals surface area contributed by atoms with Gasteiger partial charge in [0.2, 0.25) is 0 Å². The molecule has 0 aliphatic rings. The van der Waals surface area contributed by atoms with Crippen LogP contribution in [0.15, 0.2) is 72.8 Å². The maximum Gasteiger partial charge on any atom is 0.316 e. The Labute approximate surface area is 503 Å². The lowest BCUT2D eigenvalue weighted by molar-refractivity contribution is -0.143. The molecule has 84 heavy (non-hydrogen) atoms. The van der Waals surface area contributed by atoms with Crippen LogP contribution >= 0.6 is 0 Å². The van der Waals surface area contributed by atoms with E-state index in [1.807, 2.05) is 34.6 Å². The lowest BCUT2D eigenvalue weighted by Crippen LogP contribution is -2.29. The predicted octanol–water partition coefficient (Wildman–Crippen LogP) is 17.7. The van der Waals surface area contributed by atoms with E-state index in [0.29, 0.717) is 70.0 Å². The first-order valence-electron chi connectivity index (χ1n) is 29.5. The molecule has 0 amide bonds. The van der Waals surface area contributed by atoms with Gasteiger partial charge >= 0.3 is 23.9 Å². The van der Waals surface area contributed by atoms with Gasteiger partial charge in [-0.25, -0.2) is 0 Å². The first-order valence-corrected chi connectivity index (χ1v) is 29.5. The number of carbonyl (C=O) groups is 6. The van der Waals surface area contributed by atoms with Crippen LogP contribution in [0.4, 0.5) is 0 Å². The lowest BCUT2D eigenvalue weighted by atomic mass is 9.74. The van der Waals surface area contributed by atoms with Crippen molar-refractivity contribution >= 4 is 47.6 Å². The van der Waals surface area contributed by atoms with Crippen LogP contribution in [0.25, 0.3) is 12.2 Å². The molecule has 0 spiro atoms. The summed E-state index contributed by atoms with van der Waals surface area (Å²) in [5, 5.41) is 0. The maximum absolute atomic E-state index is 13.4. The third kappa shape index (κ3) is 19.1. The summed E-state index contributed by atoms with van der Waals surface area (Å²) in [7, 11) is 0. The van der Waals surface area contributed by atoms with E-state index in [2.05, 4.69) is 95.2 Å². The number of hydrogen-bond acceptors (Lipinski definition) is 12. The van der Waals surface area contributed by atoms with Crippen molar-refractivity contribution in [2.24, 2.45) is 21.7 Å². The maximum atomic E-state index is 13.4. The number of hydrogen-bond donors (Lipinski definition) is 0. The van der Waals surface area contributed by atoms with Crippen molar-refractivity contribution in [1.82, 2.24) is 0 Å². The van der Waals surface area contributed by atoms with Crippen LogP contribution in [-0.2, 0) is 40.8 Å². The smallest absolute Gasteiger partial charge is 0.316 e. The zero-order valence-corrected chi connectivity index (χ0v) is 55.8. The van der Waals surface area contributed by atoms with Crippen LogP contribution in [0.5, 0.6) is 34.5 Å². The second-order valence-electron chi connectivity index (χ2n) is 28.9. The molecule has 0 fully saturated rings. The zero-order valence-electron chi connectivity index (χ0n) is 55.8. The van der Waals surface area contributed by atoms with Gasteiger partial charge in [-0.2, -0.15) is 0 Å². The summed E-state index contributed by atoms with van der Waals surface area (Å²) < 4.78 is 35.6. The fourth-order valence-corrected chi connectivity index (χ4v) is 7.86. The van der Waals surface area contributed by atoms with Crippen LogP contribution in [0.3, 0.4) is 0 Å². The fraction of sp³-hybridized carbons (Fsp3) is 0.528. The Morgan fingerprint density at radius 1 is 0.357 bits per heavy atom. The van der Waals surface area contributed by atoms with Crippen molar-refractivity contribution in [3.63, 3.8) is 0 Å². The summed E-state index contributed by atoms with van der Waals surface area (Å²) in [6.07, 6.45) is 7.98. The average Bonchev–Trinajstić information content (AvgIpc) is 1.70. The van der Waals surface area contributed by atoms with Crippen molar-refractivity contribution in [3.8, 4) is 34.5 Å². The molecule has 12 heteroatoms. The molecule has 0 saturated heterocycles. The Balaban J connectivity index is 0.000000441. The summed E-state index contributed by atoms with van der Waals surface area (Å²) in [4.78, 5) is 77.6. The van der Waals surface area contributed by atoms with Crippen molar-refractivity contribution in [2.45, 2.75) is 215 Å². The molecule has 4 aromatic rings. The van der Waals surface area contributed by atoms with Gasteiger partial charge in [0.25, 0.3) is 0 Å². The number of esters is 4. The molecule has 4 aromatic carbocycles. The number of carbonyl (C=O) groups excluding carboxylic acids is 6. The Morgan fingerprint density at radius 2 is 0.619 bits per heavy atom. The highest BCUT2D eigenvalue weighted by molar-refractivity contribution is 6.08. The van der Waals surface area contributed by atoms with E-state index in [9.17, 15) is 28.8 Å². The van der Waals surface area contributed by atoms with Gasteiger partial charge in [0.05, 0.1) is 46.0 Å². The van der Waals surface area contributed by atoms with Crippen LogP contribution in [-0.4, -0.2) is 48.7 Å². The van der Waals surface area contributed by atoms with Gasteiger partial charge in [0.15, 0.2) is 11.6 Å². The first kappa shape index (κ1) is 71.4. The molecular formula is C72H100O12. The number of ether oxygens (including phenoxy) is 6. The van der Waals surface area contributed by atoms with E-state index < -0.39 is 21.7 Å². The normalized spacial score (nSPS) is 12.8. The molecule has 0 aromatic heterocycles. The largest absolute Gasteiger partial charge is 0.493 e. The van der Waals surface area contributed by atoms with Gasteiger partial charge in [0.1, 0.15) is 34.5 Å². The van der Waals surface area contributed by atoms with Crippen LogP contribution in [0, 0.1) is 21.7 Å². The topological polar surface area (TPSA) is 158 Å². The molecule has 0 aliphatic carbocycles. The number of benzene rings is 4. The molecule has 0 heterocycles. The molecule has 4 rings (SSSR count). The van der Waals surface area contributed by atoms with E-state index in [-0.39, 0.29) is 57.1 Å². The molecular weight excluding hydrogens is 1060 g/mol. The monoisotopic (exact) mass is 1160 g/mol. The number of allylic oxidation sites excluding steroid dienone is 2. The quantitative estimate of drug-likeness (QED) is 0.0402. The van der Waals surface area contributed by atoms with Gasteiger partial charge in [-0.05, 0) is 216 Å². The fourth-order valence-electron chi connectivity index (χ4n) is 7.86. The van der Waals surface area contributed by atoms with E-state index >= 15 is 0 Å². The van der Waals surface area contributed by atoms with Gasteiger partial charge in [-0.3, -0.25) is 28.8 Å². The van der Waals surface area contributed by atoms with Gasteiger partial charge < -0.3 is 28.4 Å². The Bertz CT molecular complexity index is 3060. The second kappa shape index (κ2) is 27.5. The minimum Gasteiger partial charge on any atom is -0.493 e. The third-order valence-electron chi connectivity index (χ3n) is 14.3. The SMILES string of the molecule is CCOc1c(C(C)(C)C)cc(C(C)(C)C)c(OC(=O)C(C)(C)C)c1/C=C/C(=O)c1ccc(OC(=O)C(C)(C)C)cc1.CCOc1c(C(C)(C)CC)cc(C(C)(C)CC)c(OC(=O)C(C)(C)C)c1/C=C/C(=O)c1ccc(OC(=O)C(C)(C)C)cc1. The van der Waals surface area contributed by atoms with Crippen molar-refractivity contribution in [2.75, 3.05) is 13.2 Å². The Kier molecular flexibility index (Phi) is 23.4. The van der Waals surface area contributed by atoms with E-state index in [4.69, 9.17) is 28.4 Å². The first-order chi connectivity index (χ1) is 38.3. The van der Waals surface area contributed by atoms with Gasteiger partial charge in [-0.15, -0.1) is 0 Å². The highest BCUT2D eigenvalue weighted by Gasteiger charge is 2.37. The zero-order chi connectivity index (χ0) is 64.5. The van der Waals surface area contributed by atoms with E-state index in [1.54, 1.807) is 123 Å². The summed E-state index contributed by atoms with van der Waals surface area (Å²) >= 11 is 0. The summed E-state index contributed by atoms with van der Waals surface area (Å²) in [6, 6.07) is 17.1. The molecule has 0 N–H and O–H groups in total.